The van der Waals surface area contributed by atoms with Crippen molar-refractivity contribution in [2.24, 2.45) is 5.92 Å². The Labute approximate surface area is 274 Å². The lowest BCUT2D eigenvalue weighted by atomic mass is 9.91. The fraction of sp³-hybridized carbons (Fsp3) is 0.424. The molecule has 2 heterocycles. The van der Waals surface area contributed by atoms with Crippen molar-refractivity contribution in [2.45, 2.75) is 44.8 Å². The van der Waals surface area contributed by atoms with Crippen LogP contribution in [0.1, 0.15) is 30.4 Å². The van der Waals surface area contributed by atoms with Gasteiger partial charge in [0.05, 0.1) is 16.0 Å². The smallest absolute Gasteiger partial charge is 0.229 e. The molecule has 3 aromatic carbocycles. The summed E-state index contributed by atoms with van der Waals surface area (Å²) in [6.45, 7) is 5.68. The van der Waals surface area contributed by atoms with Gasteiger partial charge in [-0.2, -0.15) is 0 Å². The van der Waals surface area contributed by atoms with Gasteiger partial charge in [0.2, 0.25) is 5.91 Å². The number of nitrogens with zero attached hydrogens (tertiary/aromatic N) is 1. The summed E-state index contributed by atoms with van der Waals surface area (Å²) in [5, 5.41) is 8.04. The third-order valence-electron chi connectivity index (χ3n) is 8.01. The lowest BCUT2D eigenvalue weighted by molar-refractivity contribution is -0.137. The Balaban J connectivity index is 0.00000384. The predicted molar refractivity (Wildman–Crippen MR) is 175 cm³/mol. The van der Waals surface area contributed by atoms with Crippen molar-refractivity contribution >= 4 is 47.2 Å². The number of benzene rings is 3. The normalized spacial score (nSPS) is 19.0. The summed E-state index contributed by atoms with van der Waals surface area (Å²) in [4.78, 5) is 16.1. The van der Waals surface area contributed by atoms with Gasteiger partial charge in [0.25, 0.3) is 0 Å². The van der Waals surface area contributed by atoms with Crippen LogP contribution in [0.5, 0.6) is 23.0 Å². The quantitative estimate of drug-likeness (QED) is 0.226. The Morgan fingerprint density at radius 2 is 1.73 bits per heavy atom. The van der Waals surface area contributed by atoms with E-state index in [1.165, 1.54) is 0 Å². The minimum absolute atomic E-state index is 0. The van der Waals surface area contributed by atoms with Crippen LogP contribution in [0.2, 0.25) is 10.0 Å². The molecule has 0 spiro atoms. The molecule has 11 heteroatoms. The Hall–Kier alpha value is -3.04. The van der Waals surface area contributed by atoms with Crippen LogP contribution in [0.15, 0.2) is 54.6 Å². The number of ether oxygens (including phenoxy) is 4. The maximum atomic E-state index is 14.0. The van der Waals surface area contributed by atoms with E-state index in [4.69, 9.17) is 42.1 Å². The number of anilines is 1. The van der Waals surface area contributed by atoms with Crippen molar-refractivity contribution < 1.29 is 23.7 Å². The van der Waals surface area contributed by atoms with E-state index < -0.39 is 0 Å². The second-order valence-electron chi connectivity index (χ2n) is 11.3. The monoisotopic (exact) mass is 661 g/mol. The van der Waals surface area contributed by atoms with Gasteiger partial charge in [-0.15, -0.1) is 12.4 Å². The van der Waals surface area contributed by atoms with E-state index in [0.717, 1.165) is 59.9 Å². The molecule has 1 saturated carbocycles. The Kier molecular flexibility index (Phi) is 10.9. The number of aryl methyl sites for hydroxylation is 1. The molecule has 0 bridgehead atoms. The summed E-state index contributed by atoms with van der Waals surface area (Å²) in [6.07, 6.45) is 2.92. The molecule has 3 aliphatic rings. The first-order valence-electron chi connectivity index (χ1n) is 14.9. The van der Waals surface area contributed by atoms with Crippen molar-refractivity contribution in [3.05, 3.63) is 75.8 Å². The first-order valence-corrected chi connectivity index (χ1v) is 15.7. The number of halogens is 3. The van der Waals surface area contributed by atoms with Crippen LogP contribution in [0.4, 0.5) is 5.69 Å². The molecule has 6 rings (SSSR count). The average molecular weight is 663 g/mol. The van der Waals surface area contributed by atoms with Crippen LogP contribution in [0, 0.1) is 12.8 Å². The van der Waals surface area contributed by atoms with Gasteiger partial charge in [-0.05, 0) is 80.8 Å². The van der Waals surface area contributed by atoms with Gasteiger partial charge in [0, 0.05) is 36.4 Å². The van der Waals surface area contributed by atoms with E-state index in [-0.39, 0.29) is 36.3 Å². The fourth-order valence-electron chi connectivity index (χ4n) is 5.71. The molecule has 2 aliphatic heterocycles. The standard InChI is InChI=1S/C33H37Cl2N3O5.ClH/c1-21-17-27(34)32(28(35)18-21)43-15-13-40-25-9-5-23(6-10-25)37-29-11-12-36-19-26(29)33(39)38(24-7-8-24)20-22-3-2-4-30-31(22)42-16-14-41-30;/h2-6,9-10,17-18,24,26,29,36-37H,7-8,11-16,19-20H2,1H3;1H/t26?,29-;/m0./s1. The molecule has 1 unspecified atom stereocenters. The zero-order valence-electron chi connectivity index (χ0n) is 24.7. The molecule has 1 aliphatic carbocycles. The SMILES string of the molecule is Cc1cc(Cl)c(OCCOc2ccc(N[C@H]3CCNCC3C(=O)N(Cc3cccc4c3OCCO4)C3CC3)cc2)c(Cl)c1.Cl. The summed E-state index contributed by atoms with van der Waals surface area (Å²) in [5.41, 5.74) is 2.92. The highest BCUT2D eigenvalue weighted by Crippen LogP contribution is 2.38. The van der Waals surface area contributed by atoms with Gasteiger partial charge >= 0.3 is 0 Å². The maximum Gasteiger partial charge on any atom is 0.229 e. The van der Waals surface area contributed by atoms with E-state index in [1.807, 2.05) is 61.5 Å². The number of rotatable bonds is 11. The number of carbonyl (C=O) groups is 1. The predicted octanol–water partition coefficient (Wildman–Crippen LogP) is 6.53. The molecule has 2 N–H and O–H groups in total. The number of amides is 1. The summed E-state index contributed by atoms with van der Waals surface area (Å²) in [5.74, 6) is 2.71. The van der Waals surface area contributed by atoms with Crippen molar-refractivity contribution in [3.63, 3.8) is 0 Å². The minimum atomic E-state index is -0.181. The molecule has 2 atom stereocenters. The summed E-state index contributed by atoms with van der Waals surface area (Å²) < 4.78 is 23.3. The number of hydrogen-bond acceptors (Lipinski definition) is 7. The van der Waals surface area contributed by atoms with E-state index in [2.05, 4.69) is 15.5 Å². The second kappa shape index (κ2) is 14.8. The molecule has 1 amide bonds. The van der Waals surface area contributed by atoms with E-state index >= 15 is 0 Å². The largest absolute Gasteiger partial charge is 0.490 e. The number of piperidine rings is 1. The molecular formula is C33H38Cl3N3O5. The van der Waals surface area contributed by atoms with Gasteiger partial charge in [-0.3, -0.25) is 4.79 Å². The van der Waals surface area contributed by atoms with Gasteiger partial charge < -0.3 is 34.5 Å². The van der Waals surface area contributed by atoms with Gasteiger partial charge in [-0.25, -0.2) is 0 Å². The van der Waals surface area contributed by atoms with Crippen LogP contribution >= 0.6 is 35.6 Å². The lowest BCUT2D eigenvalue weighted by Gasteiger charge is -2.36. The lowest BCUT2D eigenvalue weighted by Crippen LogP contribution is -2.52. The summed E-state index contributed by atoms with van der Waals surface area (Å²) >= 11 is 12.5. The molecule has 0 radical (unpaired) electrons. The van der Waals surface area contributed by atoms with Crippen LogP contribution in [-0.2, 0) is 11.3 Å². The zero-order valence-corrected chi connectivity index (χ0v) is 27.0. The molecule has 3 aromatic rings. The van der Waals surface area contributed by atoms with Crippen LogP contribution in [-0.4, -0.2) is 62.4 Å². The Morgan fingerprint density at radius 1 is 1.00 bits per heavy atom. The molecule has 1 saturated heterocycles. The van der Waals surface area contributed by atoms with Crippen molar-refractivity contribution in [1.82, 2.24) is 10.2 Å². The molecule has 44 heavy (non-hydrogen) atoms. The number of para-hydroxylation sites is 1. The topological polar surface area (TPSA) is 81.3 Å². The van der Waals surface area contributed by atoms with E-state index in [1.54, 1.807) is 0 Å². The first-order chi connectivity index (χ1) is 21.0. The van der Waals surface area contributed by atoms with Crippen LogP contribution in [0.25, 0.3) is 0 Å². The number of nitrogens with one attached hydrogen (secondary N) is 2. The Bertz CT molecular complexity index is 1410. The molecule has 8 nitrogen and oxygen atoms in total. The van der Waals surface area contributed by atoms with Crippen molar-refractivity contribution in [1.29, 1.82) is 0 Å². The van der Waals surface area contributed by atoms with E-state index in [9.17, 15) is 4.79 Å². The fourth-order valence-corrected chi connectivity index (χ4v) is 6.41. The van der Waals surface area contributed by atoms with Gasteiger partial charge in [0.15, 0.2) is 17.2 Å². The molecule has 236 valence electrons. The number of carbonyl (C=O) groups excluding carboxylic acids is 1. The third kappa shape index (κ3) is 7.78. The number of hydrogen-bond donors (Lipinski definition) is 2. The first kappa shape index (κ1) is 32.4. The molecule has 2 fully saturated rings. The minimum Gasteiger partial charge on any atom is -0.490 e. The van der Waals surface area contributed by atoms with Gasteiger partial charge in [0.1, 0.15) is 32.2 Å². The summed E-state index contributed by atoms with van der Waals surface area (Å²) in [7, 11) is 0. The van der Waals surface area contributed by atoms with Crippen molar-refractivity contribution in [2.75, 3.05) is 44.8 Å². The third-order valence-corrected chi connectivity index (χ3v) is 8.57. The highest BCUT2D eigenvalue weighted by Gasteiger charge is 2.40. The highest BCUT2D eigenvalue weighted by molar-refractivity contribution is 6.37. The average Bonchev–Trinajstić information content (AvgIpc) is 3.85. The summed E-state index contributed by atoms with van der Waals surface area (Å²) in [6, 6.07) is 17.7. The molecule has 0 aromatic heterocycles. The Morgan fingerprint density at radius 3 is 2.48 bits per heavy atom. The highest BCUT2D eigenvalue weighted by atomic mass is 35.5. The van der Waals surface area contributed by atoms with Crippen LogP contribution in [0.3, 0.4) is 0 Å². The maximum absolute atomic E-state index is 14.0. The van der Waals surface area contributed by atoms with Crippen molar-refractivity contribution in [3.8, 4) is 23.0 Å². The van der Waals surface area contributed by atoms with Crippen LogP contribution < -0.4 is 29.6 Å². The second-order valence-corrected chi connectivity index (χ2v) is 12.1. The zero-order chi connectivity index (χ0) is 29.8. The molecular weight excluding hydrogens is 625 g/mol. The number of fused-ring (bicyclic) bond motifs is 1. The van der Waals surface area contributed by atoms with Gasteiger partial charge in [-0.1, -0.05) is 35.3 Å². The van der Waals surface area contributed by atoms with E-state index in [0.29, 0.717) is 55.3 Å².